The van der Waals surface area contributed by atoms with Crippen molar-refractivity contribution in [3.8, 4) is 0 Å². The minimum Gasteiger partial charge on any atom is -0.385 e. The zero-order valence-electron chi connectivity index (χ0n) is 7.76. The number of nitrogens with one attached hydrogen (secondary N) is 1. The van der Waals surface area contributed by atoms with Crippen LogP contribution in [0.2, 0.25) is 0 Å². The van der Waals surface area contributed by atoms with E-state index in [2.05, 4.69) is 24.4 Å². The molecule has 0 bridgehead atoms. The highest BCUT2D eigenvalue weighted by atomic mass is 16.5. The molecule has 0 heterocycles. The van der Waals surface area contributed by atoms with Crippen LogP contribution in [0.5, 0.6) is 0 Å². The zero-order valence-corrected chi connectivity index (χ0v) is 7.76. The number of hydrogen-bond acceptors (Lipinski definition) is 2. The number of allylic oxidation sites excluding steroid dienone is 1. The van der Waals surface area contributed by atoms with Gasteiger partial charge < -0.3 is 10.1 Å². The molecule has 0 aromatic rings. The molecule has 66 valence electrons. The summed E-state index contributed by atoms with van der Waals surface area (Å²) in [7, 11) is 1.73. The van der Waals surface area contributed by atoms with Crippen LogP contribution >= 0.6 is 0 Å². The van der Waals surface area contributed by atoms with Crippen molar-refractivity contribution in [1.29, 1.82) is 0 Å². The van der Waals surface area contributed by atoms with Gasteiger partial charge in [-0.15, -0.1) is 0 Å². The van der Waals surface area contributed by atoms with Gasteiger partial charge in [0.1, 0.15) is 0 Å². The minimum absolute atomic E-state index is 0.547. The van der Waals surface area contributed by atoms with E-state index in [9.17, 15) is 0 Å². The molecule has 0 aliphatic rings. The number of hydrogen-bond donors (Lipinski definition) is 1. The van der Waals surface area contributed by atoms with E-state index in [0.29, 0.717) is 6.04 Å². The molecule has 0 saturated heterocycles. The summed E-state index contributed by atoms with van der Waals surface area (Å²) in [6.07, 6.45) is 5.24. The van der Waals surface area contributed by atoms with Crippen LogP contribution in [-0.4, -0.2) is 26.3 Å². The highest BCUT2D eigenvalue weighted by molar-refractivity contribution is 4.80. The van der Waals surface area contributed by atoms with Crippen molar-refractivity contribution in [2.45, 2.75) is 26.3 Å². The summed E-state index contributed by atoms with van der Waals surface area (Å²) in [5.41, 5.74) is 0. The third-order valence-electron chi connectivity index (χ3n) is 1.57. The van der Waals surface area contributed by atoms with Gasteiger partial charge in [0.15, 0.2) is 0 Å². The first kappa shape index (κ1) is 10.7. The second kappa shape index (κ2) is 7.76. The highest BCUT2D eigenvalue weighted by Gasteiger charge is 1.96. The normalized spacial score (nSPS) is 14.1. The lowest BCUT2D eigenvalue weighted by atomic mass is 10.2. The summed E-state index contributed by atoms with van der Waals surface area (Å²) in [6, 6.07) is 0.547. The molecule has 0 aromatic carbocycles. The lowest BCUT2D eigenvalue weighted by Crippen LogP contribution is -2.27. The Bertz CT molecular complexity index is 102. The van der Waals surface area contributed by atoms with Crippen molar-refractivity contribution in [3.63, 3.8) is 0 Å². The van der Waals surface area contributed by atoms with E-state index in [1.165, 1.54) is 0 Å². The van der Waals surface area contributed by atoms with Crippen molar-refractivity contribution in [2.24, 2.45) is 0 Å². The van der Waals surface area contributed by atoms with E-state index in [0.717, 1.165) is 19.6 Å². The Morgan fingerprint density at radius 3 is 2.82 bits per heavy atom. The molecular formula is C9H19NO. The molecule has 1 N–H and O–H groups in total. The Morgan fingerprint density at radius 2 is 2.27 bits per heavy atom. The van der Waals surface area contributed by atoms with E-state index in [1.54, 1.807) is 7.11 Å². The molecule has 0 aliphatic carbocycles. The summed E-state index contributed by atoms with van der Waals surface area (Å²) >= 11 is 0. The van der Waals surface area contributed by atoms with Crippen LogP contribution in [0.1, 0.15) is 20.3 Å². The highest BCUT2D eigenvalue weighted by Crippen LogP contribution is 1.89. The third-order valence-corrected chi connectivity index (χ3v) is 1.57. The largest absolute Gasteiger partial charge is 0.385 e. The Kier molecular flexibility index (Phi) is 7.52. The molecule has 0 fully saturated rings. The van der Waals surface area contributed by atoms with Gasteiger partial charge in [0.2, 0.25) is 0 Å². The van der Waals surface area contributed by atoms with Gasteiger partial charge in [-0.2, -0.15) is 0 Å². The van der Waals surface area contributed by atoms with E-state index >= 15 is 0 Å². The SMILES string of the molecule is C/C=C/CNC(C)CCOC. The van der Waals surface area contributed by atoms with E-state index in [-0.39, 0.29) is 0 Å². The van der Waals surface area contributed by atoms with Gasteiger partial charge in [-0.3, -0.25) is 0 Å². The predicted molar refractivity (Wildman–Crippen MR) is 48.8 cm³/mol. The Hall–Kier alpha value is -0.340. The molecule has 0 amide bonds. The minimum atomic E-state index is 0.547. The summed E-state index contributed by atoms with van der Waals surface area (Å²) in [6.45, 7) is 6.00. The molecule has 0 rings (SSSR count). The van der Waals surface area contributed by atoms with Crippen LogP contribution in [0, 0.1) is 0 Å². The van der Waals surface area contributed by atoms with E-state index in [4.69, 9.17) is 4.74 Å². The molecule has 2 heteroatoms. The van der Waals surface area contributed by atoms with Gasteiger partial charge in [0, 0.05) is 26.3 Å². The summed E-state index contributed by atoms with van der Waals surface area (Å²) in [5, 5.41) is 3.35. The molecule has 0 radical (unpaired) electrons. The first-order valence-corrected chi connectivity index (χ1v) is 4.14. The Balaban J connectivity index is 3.15. The molecule has 1 unspecified atom stereocenters. The Labute approximate surface area is 69.6 Å². The molecule has 0 aliphatic heterocycles. The van der Waals surface area contributed by atoms with Gasteiger partial charge >= 0.3 is 0 Å². The van der Waals surface area contributed by atoms with Crippen LogP contribution in [0.15, 0.2) is 12.2 Å². The quantitative estimate of drug-likeness (QED) is 0.591. The van der Waals surface area contributed by atoms with Crippen molar-refractivity contribution >= 4 is 0 Å². The maximum absolute atomic E-state index is 4.96. The first-order valence-electron chi connectivity index (χ1n) is 4.14. The lowest BCUT2D eigenvalue weighted by molar-refractivity contribution is 0.185. The van der Waals surface area contributed by atoms with Crippen LogP contribution in [0.4, 0.5) is 0 Å². The van der Waals surface area contributed by atoms with E-state index in [1.807, 2.05) is 6.92 Å². The van der Waals surface area contributed by atoms with Gasteiger partial charge in [-0.1, -0.05) is 12.2 Å². The lowest BCUT2D eigenvalue weighted by Gasteiger charge is -2.10. The number of ether oxygens (including phenoxy) is 1. The monoisotopic (exact) mass is 157 g/mol. The molecule has 0 aromatic heterocycles. The maximum atomic E-state index is 4.96. The molecule has 11 heavy (non-hydrogen) atoms. The van der Waals surface area contributed by atoms with Gasteiger partial charge in [-0.25, -0.2) is 0 Å². The second-order valence-electron chi connectivity index (χ2n) is 2.66. The van der Waals surface area contributed by atoms with Gasteiger partial charge in [0.05, 0.1) is 0 Å². The number of rotatable bonds is 6. The molecule has 2 nitrogen and oxygen atoms in total. The molecule has 0 saturated carbocycles. The van der Waals surface area contributed by atoms with Crippen molar-refractivity contribution in [2.75, 3.05) is 20.3 Å². The molecule has 0 spiro atoms. The summed E-state index contributed by atoms with van der Waals surface area (Å²) in [4.78, 5) is 0. The average molecular weight is 157 g/mol. The molecule has 1 atom stereocenters. The fraction of sp³-hybridized carbons (Fsp3) is 0.778. The van der Waals surface area contributed by atoms with Crippen molar-refractivity contribution in [3.05, 3.63) is 12.2 Å². The first-order chi connectivity index (χ1) is 5.31. The second-order valence-corrected chi connectivity index (χ2v) is 2.66. The predicted octanol–water partition coefficient (Wildman–Crippen LogP) is 1.58. The maximum Gasteiger partial charge on any atom is 0.0476 e. The standard InChI is InChI=1S/C9H19NO/c1-4-5-7-10-9(2)6-8-11-3/h4-5,9-10H,6-8H2,1-3H3/b5-4+. The Morgan fingerprint density at radius 1 is 1.55 bits per heavy atom. The topological polar surface area (TPSA) is 21.3 Å². The van der Waals surface area contributed by atoms with Gasteiger partial charge in [0.25, 0.3) is 0 Å². The fourth-order valence-corrected chi connectivity index (χ4v) is 0.784. The van der Waals surface area contributed by atoms with Crippen LogP contribution in [0.25, 0.3) is 0 Å². The van der Waals surface area contributed by atoms with Crippen LogP contribution in [0.3, 0.4) is 0 Å². The van der Waals surface area contributed by atoms with Crippen molar-refractivity contribution in [1.82, 2.24) is 5.32 Å². The average Bonchev–Trinajstić information content (AvgIpc) is 2.01. The summed E-state index contributed by atoms with van der Waals surface area (Å²) in [5.74, 6) is 0. The fourth-order valence-electron chi connectivity index (χ4n) is 0.784. The van der Waals surface area contributed by atoms with Gasteiger partial charge in [-0.05, 0) is 20.3 Å². The zero-order chi connectivity index (χ0) is 8.53. The van der Waals surface area contributed by atoms with Crippen molar-refractivity contribution < 1.29 is 4.74 Å². The smallest absolute Gasteiger partial charge is 0.0476 e. The van der Waals surface area contributed by atoms with Crippen LogP contribution in [-0.2, 0) is 4.74 Å². The van der Waals surface area contributed by atoms with E-state index < -0.39 is 0 Å². The van der Waals surface area contributed by atoms with Crippen LogP contribution < -0.4 is 5.32 Å². The number of methoxy groups -OCH3 is 1. The molecular weight excluding hydrogens is 138 g/mol. The third kappa shape index (κ3) is 7.56. The summed E-state index contributed by atoms with van der Waals surface area (Å²) < 4.78 is 4.96.